The molecule has 5 rings (SSSR count). The van der Waals surface area contributed by atoms with Crippen LogP contribution in [0.2, 0.25) is 0 Å². The minimum absolute atomic E-state index is 0.0804. The van der Waals surface area contributed by atoms with Gasteiger partial charge in [-0.05, 0) is 18.2 Å². The number of anilines is 1. The fourth-order valence-corrected chi connectivity index (χ4v) is 5.01. The summed E-state index contributed by atoms with van der Waals surface area (Å²) in [5, 5.41) is 13.9. The van der Waals surface area contributed by atoms with Gasteiger partial charge in [0.2, 0.25) is 11.8 Å². The van der Waals surface area contributed by atoms with Crippen LogP contribution >= 0.6 is 0 Å². The number of rotatable bonds is 5. The Morgan fingerprint density at radius 2 is 1.67 bits per heavy atom. The van der Waals surface area contributed by atoms with E-state index in [1.165, 1.54) is 21.8 Å². The van der Waals surface area contributed by atoms with Crippen LogP contribution in [0.1, 0.15) is 16.7 Å². The van der Waals surface area contributed by atoms with Gasteiger partial charge in [0.1, 0.15) is 11.6 Å². The van der Waals surface area contributed by atoms with Gasteiger partial charge >= 0.3 is 6.18 Å². The molecule has 2 amide bonds. The van der Waals surface area contributed by atoms with E-state index < -0.39 is 11.7 Å². The van der Waals surface area contributed by atoms with Crippen LogP contribution < -0.4 is 4.90 Å². The standard InChI is InChI=1S/C26H28F3N7O3/c27-26(28,29)21-3-1-2-19(14-21)22-4-5-35(25-20(15-30)16-31-36(22)25)24(38)18-33-8-6-32(7-9-33)17-23(37)34-10-12-39-13-11-34/h1-4,14,16H,5-13,17-18H2. The third kappa shape index (κ3) is 5.83. The number of nitriles is 1. The third-order valence-corrected chi connectivity index (χ3v) is 7.15. The summed E-state index contributed by atoms with van der Waals surface area (Å²) in [5.74, 6) is 0.0781. The zero-order valence-electron chi connectivity index (χ0n) is 21.2. The molecular weight excluding hydrogens is 515 g/mol. The van der Waals surface area contributed by atoms with E-state index in [0.717, 1.165) is 12.1 Å². The number of ether oxygens (including phenoxy) is 1. The molecule has 3 aliphatic rings. The molecule has 0 unspecified atom stereocenters. The molecule has 0 atom stereocenters. The van der Waals surface area contributed by atoms with E-state index in [9.17, 15) is 28.0 Å². The van der Waals surface area contributed by atoms with E-state index in [-0.39, 0.29) is 41.8 Å². The Morgan fingerprint density at radius 3 is 2.31 bits per heavy atom. The van der Waals surface area contributed by atoms with Crippen molar-refractivity contribution in [3.05, 3.63) is 53.2 Å². The summed E-state index contributed by atoms with van der Waals surface area (Å²) in [6.07, 6.45) is -1.55. The number of halogens is 3. The van der Waals surface area contributed by atoms with Crippen LogP contribution in [0, 0.1) is 11.3 Å². The summed E-state index contributed by atoms with van der Waals surface area (Å²) in [4.78, 5) is 33.2. The number of carbonyl (C=O) groups excluding carboxylic acids is 2. The molecule has 0 saturated carbocycles. The maximum atomic E-state index is 13.4. The van der Waals surface area contributed by atoms with Gasteiger partial charge in [-0.15, -0.1) is 0 Å². The third-order valence-electron chi connectivity index (χ3n) is 7.15. The van der Waals surface area contributed by atoms with Crippen LogP contribution in [0.3, 0.4) is 0 Å². The summed E-state index contributed by atoms with van der Waals surface area (Å²) in [7, 11) is 0. The molecule has 13 heteroatoms. The molecule has 10 nitrogen and oxygen atoms in total. The van der Waals surface area contributed by atoms with Gasteiger partial charge in [-0.25, -0.2) is 4.68 Å². The maximum absolute atomic E-state index is 13.4. The number of benzene rings is 1. The second-order valence-electron chi connectivity index (χ2n) is 9.62. The highest BCUT2D eigenvalue weighted by Crippen LogP contribution is 2.34. The van der Waals surface area contributed by atoms with Crippen molar-refractivity contribution in [3.63, 3.8) is 0 Å². The Kier molecular flexibility index (Phi) is 7.69. The molecule has 3 aliphatic heterocycles. The quantitative estimate of drug-likeness (QED) is 0.564. The molecule has 0 bridgehead atoms. The molecule has 1 aromatic carbocycles. The topological polar surface area (TPSA) is 97.9 Å². The second-order valence-corrected chi connectivity index (χ2v) is 9.62. The predicted molar refractivity (Wildman–Crippen MR) is 134 cm³/mol. The molecule has 2 aromatic rings. The fraction of sp³-hybridized carbons (Fsp3) is 0.462. The molecule has 0 aliphatic carbocycles. The molecule has 39 heavy (non-hydrogen) atoms. The lowest BCUT2D eigenvalue weighted by Crippen LogP contribution is -2.53. The molecule has 4 heterocycles. The minimum atomic E-state index is -4.50. The van der Waals surface area contributed by atoms with Crippen molar-refractivity contribution in [1.29, 1.82) is 5.26 Å². The Bertz CT molecular complexity index is 1300. The van der Waals surface area contributed by atoms with Gasteiger partial charge in [-0.3, -0.25) is 24.3 Å². The highest BCUT2D eigenvalue weighted by Gasteiger charge is 2.33. The van der Waals surface area contributed by atoms with Crippen molar-refractivity contribution in [3.8, 4) is 6.07 Å². The highest BCUT2D eigenvalue weighted by atomic mass is 19.4. The fourth-order valence-electron chi connectivity index (χ4n) is 5.01. The molecule has 2 saturated heterocycles. The van der Waals surface area contributed by atoms with Crippen LogP contribution in [0.5, 0.6) is 0 Å². The average molecular weight is 544 g/mol. The van der Waals surface area contributed by atoms with Crippen molar-refractivity contribution in [1.82, 2.24) is 24.5 Å². The lowest BCUT2D eigenvalue weighted by atomic mass is 10.1. The zero-order valence-corrected chi connectivity index (χ0v) is 21.2. The van der Waals surface area contributed by atoms with Gasteiger partial charge in [-0.1, -0.05) is 12.1 Å². The SMILES string of the molecule is N#Cc1cnn2c1N(C(=O)CN1CCN(CC(=O)N3CCOCC3)CC1)CC=C2c1cccc(C(F)(F)F)c1. The molecule has 0 N–H and O–H groups in total. The molecule has 0 radical (unpaired) electrons. The number of hydrogen-bond acceptors (Lipinski definition) is 7. The predicted octanol–water partition coefficient (Wildman–Crippen LogP) is 1.49. The van der Waals surface area contributed by atoms with Crippen LogP contribution in [-0.4, -0.2) is 108 Å². The number of nitrogens with zero attached hydrogens (tertiary/aromatic N) is 7. The number of piperazine rings is 1. The van der Waals surface area contributed by atoms with Crippen molar-refractivity contribution < 1.29 is 27.5 Å². The zero-order chi connectivity index (χ0) is 27.6. The van der Waals surface area contributed by atoms with E-state index >= 15 is 0 Å². The van der Waals surface area contributed by atoms with E-state index in [2.05, 4.69) is 10.00 Å². The molecule has 206 valence electrons. The van der Waals surface area contributed by atoms with E-state index in [0.29, 0.717) is 64.7 Å². The molecule has 1 aromatic heterocycles. The molecular formula is C26H28F3N7O3. The first-order valence-corrected chi connectivity index (χ1v) is 12.7. The van der Waals surface area contributed by atoms with Crippen LogP contribution in [0.15, 0.2) is 36.5 Å². The summed E-state index contributed by atoms with van der Waals surface area (Å²) >= 11 is 0. The van der Waals surface area contributed by atoms with Crippen molar-refractivity contribution in [2.45, 2.75) is 6.18 Å². The van der Waals surface area contributed by atoms with E-state index in [4.69, 9.17) is 4.74 Å². The first kappa shape index (κ1) is 26.9. The minimum Gasteiger partial charge on any atom is -0.378 e. The molecule has 0 spiro atoms. The largest absolute Gasteiger partial charge is 0.416 e. The Morgan fingerprint density at radius 1 is 1.00 bits per heavy atom. The highest BCUT2D eigenvalue weighted by molar-refractivity contribution is 5.97. The van der Waals surface area contributed by atoms with Crippen molar-refractivity contribution in [2.24, 2.45) is 0 Å². The lowest BCUT2D eigenvalue weighted by molar-refractivity contribution is -0.138. The number of alkyl halides is 3. The number of amides is 2. The van der Waals surface area contributed by atoms with E-state index in [1.54, 1.807) is 12.1 Å². The summed E-state index contributed by atoms with van der Waals surface area (Å²) < 4.78 is 46.5. The van der Waals surface area contributed by atoms with E-state index in [1.807, 2.05) is 15.9 Å². The lowest BCUT2D eigenvalue weighted by Gasteiger charge is -2.36. The van der Waals surface area contributed by atoms with Crippen LogP contribution in [0.25, 0.3) is 5.70 Å². The first-order valence-electron chi connectivity index (χ1n) is 12.7. The number of fused-ring (bicyclic) bond motifs is 1. The summed E-state index contributed by atoms with van der Waals surface area (Å²) in [6, 6.07) is 6.92. The maximum Gasteiger partial charge on any atom is 0.416 e. The van der Waals surface area contributed by atoms with Crippen LogP contribution in [-0.2, 0) is 20.5 Å². The summed E-state index contributed by atoms with van der Waals surface area (Å²) in [6.45, 7) is 5.35. The average Bonchev–Trinajstić information content (AvgIpc) is 3.38. The van der Waals surface area contributed by atoms with Gasteiger partial charge in [0.05, 0.1) is 43.8 Å². The van der Waals surface area contributed by atoms with Gasteiger partial charge < -0.3 is 9.64 Å². The summed E-state index contributed by atoms with van der Waals surface area (Å²) in [5.41, 5.74) is 0.0282. The Hall–Kier alpha value is -3.73. The van der Waals surface area contributed by atoms with Crippen molar-refractivity contribution in [2.75, 3.05) is 77.0 Å². The molecule has 2 fully saturated rings. The van der Waals surface area contributed by atoms with Gasteiger partial charge in [0, 0.05) is 51.4 Å². The number of morpholine rings is 1. The van der Waals surface area contributed by atoms with Gasteiger partial charge in [-0.2, -0.15) is 23.5 Å². The second kappa shape index (κ2) is 11.2. The monoisotopic (exact) mass is 543 g/mol. The number of hydrogen-bond donors (Lipinski definition) is 0. The first-order chi connectivity index (χ1) is 18.7. The Labute approximate surface area is 223 Å². The smallest absolute Gasteiger partial charge is 0.378 e. The van der Waals surface area contributed by atoms with Crippen LogP contribution in [0.4, 0.5) is 19.0 Å². The van der Waals surface area contributed by atoms with Gasteiger partial charge in [0.25, 0.3) is 0 Å². The Balaban J connectivity index is 1.24. The number of aromatic nitrogens is 2. The van der Waals surface area contributed by atoms with Gasteiger partial charge in [0.15, 0.2) is 5.82 Å². The normalized spacial score (nSPS) is 18.9. The number of carbonyl (C=O) groups is 2. The van der Waals surface area contributed by atoms with Crippen molar-refractivity contribution >= 4 is 23.3 Å².